The van der Waals surface area contributed by atoms with Crippen LogP contribution in [0.15, 0.2) is 10.6 Å². The summed E-state index contributed by atoms with van der Waals surface area (Å²) in [5, 5.41) is 0. The average Bonchev–Trinajstić information content (AvgIpc) is 2.04. The number of hydrogen-bond donors (Lipinski definition) is 1. The van der Waals surface area contributed by atoms with Gasteiger partial charge in [0.2, 0.25) is 0 Å². The summed E-state index contributed by atoms with van der Waals surface area (Å²) < 4.78 is 0. The molecule has 0 aromatic heterocycles. The molecule has 0 bridgehead atoms. The topological polar surface area (TPSA) is 26.0 Å². The van der Waals surface area contributed by atoms with Crippen molar-refractivity contribution in [1.82, 2.24) is 0 Å². The Balaban J connectivity index is 4.47. The average molecular weight is 201 g/mol. The van der Waals surface area contributed by atoms with E-state index in [-0.39, 0.29) is 0 Å². The van der Waals surface area contributed by atoms with Crippen molar-refractivity contribution in [2.45, 2.75) is 41.0 Å². The molecule has 0 amide bonds. The van der Waals surface area contributed by atoms with Gasteiger partial charge in [-0.3, -0.25) is 0 Å². The van der Waals surface area contributed by atoms with Gasteiger partial charge in [0, 0.05) is 10.6 Å². The Morgan fingerprint density at radius 1 is 1.15 bits per heavy atom. The fraction of sp³-hybridized carbons (Fsp3) is 0.818. The minimum absolute atomic E-state index is 0.474. The predicted octanol–water partition coefficient (Wildman–Crippen LogP) is 3.61. The second-order valence-corrected chi connectivity index (χ2v) is 5.11. The van der Waals surface area contributed by atoms with Crippen molar-refractivity contribution in [3.63, 3.8) is 0 Å². The lowest BCUT2D eigenvalue weighted by Gasteiger charge is -2.17. The molecule has 0 heterocycles. The van der Waals surface area contributed by atoms with Crippen molar-refractivity contribution in [1.29, 1.82) is 0 Å². The lowest BCUT2D eigenvalue weighted by atomic mass is 10.1. The predicted molar refractivity (Wildman–Crippen MR) is 63.6 cm³/mol. The van der Waals surface area contributed by atoms with Gasteiger partial charge >= 0.3 is 0 Å². The van der Waals surface area contributed by atoms with E-state index < -0.39 is 0 Å². The van der Waals surface area contributed by atoms with Gasteiger partial charge in [-0.1, -0.05) is 34.6 Å². The number of thioether (sulfide) groups is 1. The van der Waals surface area contributed by atoms with Crippen LogP contribution in [0.5, 0.6) is 0 Å². The summed E-state index contributed by atoms with van der Waals surface area (Å²) >= 11 is 1.92. The Hall–Kier alpha value is -0.110. The van der Waals surface area contributed by atoms with E-state index in [4.69, 9.17) is 5.73 Å². The molecule has 0 rings (SSSR count). The highest BCUT2D eigenvalue weighted by atomic mass is 32.2. The Kier molecular flexibility index (Phi) is 6.31. The zero-order chi connectivity index (χ0) is 10.4. The molecule has 0 aliphatic rings. The van der Waals surface area contributed by atoms with Gasteiger partial charge in [0.1, 0.15) is 0 Å². The van der Waals surface area contributed by atoms with Crippen molar-refractivity contribution in [3.05, 3.63) is 10.6 Å². The van der Waals surface area contributed by atoms with Crippen LogP contribution < -0.4 is 5.73 Å². The number of hydrogen-bond acceptors (Lipinski definition) is 2. The molecule has 0 aromatic rings. The smallest absolute Gasteiger partial charge is 0.0206 e. The zero-order valence-electron chi connectivity index (χ0n) is 9.55. The van der Waals surface area contributed by atoms with Crippen molar-refractivity contribution in [2.75, 3.05) is 5.75 Å². The normalized spacial score (nSPS) is 13.8. The van der Waals surface area contributed by atoms with Gasteiger partial charge in [-0.05, 0) is 24.0 Å². The van der Waals surface area contributed by atoms with E-state index in [1.165, 1.54) is 17.1 Å². The maximum Gasteiger partial charge on any atom is 0.0206 e. The lowest BCUT2D eigenvalue weighted by molar-refractivity contribution is 0.712. The standard InChI is InChI=1S/C11H23NS/c1-6-7-13-11(9(4)5)10(12)8(2)3/h8-9H,6-7,12H2,1-5H3/b11-10-. The first kappa shape index (κ1) is 12.9. The number of rotatable bonds is 5. The Morgan fingerprint density at radius 2 is 1.69 bits per heavy atom. The molecule has 13 heavy (non-hydrogen) atoms. The van der Waals surface area contributed by atoms with Crippen molar-refractivity contribution >= 4 is 11.8 Å². The van der Waals surface area contributed by atoms with Crippen LogP contribution in [0.25, 0.3) is 0 Å². The molecule has 1 nitrogen and oxygen atoms in total. The Bertz CT molecular complexity index is 171. The van der Waals surface area contributed by atoms with Crippen LogP contribution in [0, 0.1) is 11.8 Å². The van der Waals surface area contributed by atoms with E-state index in [2.05, 4.69) is 34.6 Å². The second-order valence-electron chi connectivity index (χ2n) is 3.98. The molecular formula is C11H23NS. The van der Waals surface area contributed by atoms with E-state index in [1.54, 1.807) is 0 Å². The molecule has 0 saturated heterocycles. The largest absolute Gasteiger partial charge is 0.401 e. The summed E-state index contributed by atoms with van der Waals surface area (Å²) in [7, 11) is 0. The van der Waals surface area contributed by atoms with Crippen LogP contribution in [0.4, 0.5) is 0 Å². The highest BCUT2D eigenvalue weighted by molar-refractivity contribution is 8.03. The fourth-order valence-corrected chi connectivity index (χ4v) is 2.24. The van der Waals surface area contributed by atoms with E-state index in [0.717, 1.165) is 5.70 Å². The van der Waals surface area contributed by atoms with Crippen LogP contribution in [-0.4, -0.2) is 5.75 Å². The monoisotopic (exact) mass is 201 g/mol. The first-order valence-electron chi connectivity index (χ1n) is 5.13. The van der Waals surface area contributed by atoms with Crippen LogP contribution in [0.3, 0.4) is 0 Å². The summed E-state index contributed by atoms with van der Waals surface area (Å²) in [5.74, 6) is 2.22. The first-order chi connectivity index (χ1) is 6.00. The first-order valence-corrected chi connectivity index (χ1v) is 6.11. The second kappa shape index (κ2) is 6.36. The Morgan fingerprint density at radius 3 is 2.00 bits per heavy atom. The van der Waals surface area contributed by atoms with E-state index in [0.29, 0.717) is 11.8 Å². The number of nitrogens with two attached hydrogens (primary N) is 1. The van der Waals surface area contributed by atoms with Gasteiger partial charge in [-0.25, -0.2) is 0 Å². The number of allylic oxidation sites excluding steroid dienone is 2. The highest BCUT2D eigenvalue weighted by Crippen LogP contribution is 2.28. The summed E-state index contributed by atoms with van der Waals surface area (Å²) in [6.45, 7) is 10.9. The zero-order valence-corrected chi connectivity index (χ0v) is 10.4. The molecular weight excluding hydrogens is 178 g/mol. The van der Waals surface area contributed by atoms with E-state index in [1.807, 2.05) is 11.8 Å². The van der Waals surface area contributed by atoms with Gasteiger partial charge in [0.25, 0.3) is 0 Å². The van der Waals surface area contributed by atoms with Crippen LogP contribution in [-0.2, 0) is 0 Å². The lowest BCUT2D eigenvalue weighted by Crippen LogP contribution is -2.11. The minimum Gasteiger partial charge on any atom is -0.401 e. The maximum absolute atomic E-state index is 6.06. The molecule has 0 atom stereocenters. The third kappa shape index (κ3) is 4.61. The van der Waals surface area contributed by atoms with Gasteiger partial charge in [-0.2, -0.15) is 0 Å². The Labute approximate surface area is 87.2 Å². The maximum atomic E-state index is 6.06. The van der Waals surface area contributed by atoms with Crippen LogP contribution >= 0.6 is 11.8 Å². The van der Waals surface area contributed by atoms with Crippen LogP contribution in [0.2, 0.25) is 0 Å². The molecule has 0 radical (unpaired) electrons. The molecule has 78 valence electrons. The molecule has 0 aliphatic carbocycles. The summed E-state index contributed by atoms with van der Waals surface area (Å²) in [6, 6.07) is 0. The van der Waals surface area contributed by atoms with Crippen molar-refractivity contribution in [3.8, 4) is 0 Å². The highest BCUT2D eigenvalue weighted by Gasteiger charge is 2.10. The molecule has 0 saturated carbocycles. The molecule has 0 aliphatic heterocycles. The van der Waals surface area contributed by atoms with Gasteiger partial charge in [0.15, 0.2) is 0 Å². The molecule has 0 unspecified atom stereocenters. The SMILES string of the molecule is CCCS/C(=C(\N)C(C)C)C(C)C. The van der Waals surface area contributed by atoms with Gasteiger partial charge < -0.3 is 5.73 Å². The summed E-state index contributed by atoms with van der Waals surface area (Å²) in [6.07, 6.45) is 1.21. The molecule has 0 fully saturated rings. The fourth-order valence-electron chi connectivity index (χ4n) is 1.08. The summed E-state index contributed by atoms with van der Waals surface area (Å²) in [4.78, 5) is 1.39. The third-order valence-electron chi connectivity index (χ3n) is 1.89. The molecule has 2 heteroatoms. The molecule has 2 N–H and O–H groups in total. The molecule has 0 aromatic carbocycles. The summed E-state index contributed by atoms with van der Waals surface area (Å²) in [5.41, 5.74) is 7.14. The van der Waals surface area contributed by atoms with E-state index >= 15 is 0 Å². The van der Waals surface area contributed by atoms with E-state index in [9.17, 15) is 0 Å². The quantitative estimate of drug-likeness (QED) is 0.735. The molecule has 0 spiro atoms. The van der Waals surface area contributed by atoms with Crippen molar-refractivity contribution in [2.24, 2.45) is 17.6 Å². The van der Waals surface area contributed by atoms with Gasteiger partial charge in [-0.15, -0.1) is 11.8 Å². The van der Waals surface area contributed by atoms with Crippen molar-refractivity contribution < 1.29 is 0 Å². The minimum atomic E-state index is 0.474. The van der Waals surface area contributed by atoms with Crippen LogP contribution in [0.1, 0.15) is 41.0 Å². The van der Waals surface area contributed by atoms with Gasteiger partial charge in [0.05, 0.1) is 0 Å². The third-order valence-corrected chi connectivity index (χ3v) is 3.52.